The van der Waals surface area contributed by atoms with E-state index in [-0.39, 0.29) is 5.69 Å². The molecule has 2 rings (SSSR count). The maximum atomic E-state index is 14.0. The molecule has 0 spiro atoms. The molecule has 1 aromatic rings. The number of piperazine rings is 1. The number of alkyl halides is 3. The van der Waals surface area contributed by atoms with Crippen molar-refractivity contribution in [3.63, 3.8) is 0 Å². The topological polar surface area (TPSA) is 6.48 Å². The van der Waals surface area contributed by atoms with Gasteiger partial charge >= 0.3 is 6.18 Å². The summed E-state index contributed by atoms with van der Waals surface area (Å²) in [6.45, 7) is 6.76. The molecule has 0 aliphatic carbocycles. The van der Waals surface area contributed by atoms with Crippen LogP contribution in [-0.4, -0.2) is 37.6 Å². The van der Waals surface area contributed by atoms with E-state index in [2.05, 4.69) is 11.5 Å². The van der Waals surface area contributed by atoms with Gasteiger partial charge in [-0.2, -0.15) is 13.2 Å². The van der Waals surface area contributed by atoms with E-state index in [0.717, 1.165) is 12.6 Å². The van der Waals surface area contributed by atoms with Gasteiger partial charge in [-0.15, -0.1) is 6.58 Å². The van der Waals surface area contributed by atoms with Crippen molar-refractivity contribution in [2.45, 2.75) is 6.18 Å². The summed E-state index contributed by atoms with van der Waals surface area (Å²) in [6, 6.07) is 3.41. The van der Waals surface area contributed by atoms with E-state index in [1.165, 1.54) is 12.1 Å². The molecule has 0 saturated carbocycles. The Hall–Kier alpha value is -1.56. The third-order valence-corrected chi connectivity index (χ3v) is 3.38. The Bertz CT molecular complexity index is 477. The van der Waals surface area contributed by atoms with Crippen molar-refractivity contribution in [2.75, 3.05) is 37.6 Å². The number of benzene rings is 1. The van der Waals surface area contributed by atoms with Crippen molar-refractivity contribution in [3.8, 4) is 0 Å². The van der Waals surface area contributed by atoms with Gasteiger partial charge in [0.1, 0.15) is 0 Å². The zero-order chi connectivity index (χ0) is 14.8. The van der Waals surface area contributed by atoms with Gasteiger partial charge in [0, 0.05) is 32.7 Å². The van der Waals surface area contributed by atoms with Gasteiger partial charge in [-0.05, 0) is 12.1 Å². The zero-order valence-corrected chi connectivity index (χ0v) is 11.0. The third-order valence-electron chi connectivity index (χ3n) is 3.38. The summed E-state index contributed by atoms with van der Waals surface area (Å²) in [6.07, 6.45) is -2.88. The van der Waals surface area contributed by atoms with Crippen molar-refractivity contribution in [1.82, 2.24) is 4.90 Å². The van der Waals surface area contributed by atoms with Gasteiger partial charge in [0.15, 0.2) is 5.82 Å². The van der Waals surface area contributed by atoms with Gasteiger partial charge in [-0.3, -0.25) is 4.90 Å². The number of hydrogen-bond acceptors (Lipinski definition) is 2. The van der Waals surface area contributed by atoms with E-state index in [1.807, 2.05) is 0 Å². The molecule has 0 N–H and O–H groups in total. The van der Waals surface area contributed by atoms with Crippen LogP contribution in [0.3, 0.4) is 0 Å². The Morgan fingerprint density at radius 3 is 2.35 bits per heavy atom. The monoisotopic (exact) mass is 288 g/mol. The molecule has 110 valence electrons. The second kappa shape index (κ2) is 5.83. The molecule has 0 radical (unpaired) electrons. The summed E-state index contributed by atoms with van der Waals surface area (Å²) in [5.41, 5.74) is -1.18. The Labute approximate surface area is 115 Å². The normalized spacial score (nSPS) is 17.3. The molecule has 2 nitrogen and oxygen atoms in total. The Morgan fingerprint density at radius 1 is 1.15 bits per heavy atom. The molecule has 1 aliphatic rings. The van der Waals surface area contributed by atoms with E-state index >= 15 is 0 Å². The maximum absolute atomic E-state index is 14.0. The third kappa shape index (κ3) is 3.12. The molecule has 1 heterocycles. The number of halogens is 4. The fraction of sp³-hybridized carbons (Fsp3) is 0.429. The molecule has 0 unspecified atom stereocenters. The van der Waals surface area contributed by atoms with E-state index in [1.54, 1.807) is 11.0 Å². The summed E-state index contributed by atoms with van der Waals surface area (Å²) in [4.78, 5) is 3.78. The number of rotatable bonds is 3. The van der Waals surface area contributed by atoms with Crippen molar-refractivity contribution in [3.05, 3.63) is 42.2 Å². The highest BCUT2D eigenvalue weighted by molar-refractivity contribution is 5.51. The first kappa shape index (κ1) is 14.8. The van der Waals surface area contributed by atoms with Gasteiger partial charge in [-0.25, -0.2) is 4.39 Å². The molecule has 20 heavy (non-hydrogen) atoms. The molecule has 1 aliphatic heterocycles. The van der Waals surface area contributed by atoms with Crippen molar-refractivity contribution >= 4 is 5.69 Å². The van der Waals surface area contributed by atoms with Crippen LogP contribution in [0.15, 0.2) is 30.9 Å². The van der Waals surface area contributed by atoms with Crippen LogP contribution >= 0.6 is 0 Å². The summed E-state index contributed by atoms with van der Waals surface area (Å²) < 4.78 is 52.0. The highest BCUT2D eigenvalue weighted by atomic mass is 19.4. The fourth-order valence-electron chi connectivity index (χ4n) is 2.34. The van der Waals surface area contributed by atoms with Gasteiger partial charge in [0.25, 0.3) is 0 Å². The molecule has 1 fully saturated rings. The lowest BCUT2D eigenvalue weighted by Crippen LogP contribution is -2.46. The minimum atomic E-state index is -4.66. The quantitative estimate of drug-likeness (QED) is 0.623. The molecule has 0 atom stereocenters. The van der Waals surface area contributed by atoms with E-state index in [9.17, 15) is 17.6 Å². The summed E-state index contributed by atoms with van der Waals surface area (Å²) >= 11 is 0. The lowest BCUT2D eigenvalue weighted by molar-refractivity contribution is -0.139. The Morgan fingerprint density at radius 2 is 1.80 bits per heavy atom. The van der Waals surface area contributed by atoms with Crippen LogP contribution in [0.5, 0.6) is 0 Å². The number of nitrogens with zero attached hydrogens (tertiary/aromatic N) is 2. The molecule has 1 saturated heterocycles. The molecule has 0 aromatic heterocycles. The predicted molar refractivity (Wildman–Crippen MR) is 70.3 cm³/mol. The van der Waals surface area contributed by atoms with Gasteiger partial charge < -0.3 is 4.90 Å². The summed E-state index contributed by atoms with van der Waals surface area (Å²) in [7, 11) is 0. The molecular formula is C14H16F4N2. The van der Waals surface area contributed by atoms with E-state index in [4.69, 9.17) is 0 Å². The van der Waals surface area contributed by atoms with Crippen LogP contribution in [0, 0.1) is 5.82 Å². The SMILES string of the molecule is C=CCN1CCN(c2cccc(C(F)(F)F)c2F)CC1. The minimum absolute atomic E-state index is 0.0260. The van der Waals surface area contributed by atoms with E-state index < -0.39 is 17.6 Å². The first-order valence-corrected chi connectivity index (χ1v) is 6.37. The number of anilines is 1. The molecule has 0 amide bonds. The lowest BCUT2D eigenvalue weighted by Gasteiger charge is -2.36. The standard InChI is InChI=1S/C14H16F4N2/c1-2-6-19-7-9-20(10-8-19)12-5-3-4-11(13(12)15)14(16,17)18/h2-5H,1,6-10H2. The highest BCUT2D eigenvalue weighted by Crippen LogP contribution is 2.35. The molecule has 6 heteroatoms. The number of hydrogen-bond donors (Lipinski definition) is 0. The summed E-state index contributed by atoms with van der Waals surface area (Å²) in [5.74, 6) is -1.18. The van der Waals surface area contributed by atoms with Crippen molar-refractivity contribution in [2.24, 2.45) is 0 Å². The maximum Gasteiger partial charge on any atom is 0.419 e. The Kier molecular flexibility index (Phi) is 4.32. The Balaban J connectivity index is 2.16. The fourth-order valence-corrected chi connectivity index (χ4v) is 2.34. The average molecular weight is 288 g/mol. The largest absolute Gasteiger partial charge is 0.419 e. The average Bonchev–Trinajstić information content (AvgIpc) is 2.39. The van der Waals surface area contributed by atoms with Gasteiger partial charge in [0.2, 0.25) is 0 Å². The molecular weight excluding hydrogens is 272 g/mol. The second-order valence-corrected chi connectivity index (χ2v) is 4.71. The van der Waals surface area contributed by atoms with Crippen LogP contribution in [0.2, 0.25) is 0 Å². The van der Waals surface area contributed by atoms with Crippen LogP contribution in [0.25, 0.3) is 0 Å². The lowest BCUT2D eigenvalue weighted by atomic mass is 10.1. The van der Waals surface area contributed by atoms with E-state index in [0.29, 0.717) is 26.2 Å². The summed E-state index contributed by atoms with van der Waals surface area (Å²) in [5, 5.41) is 0. The first-order valence-electron chi connectivity index (χ1n) is 6.37. The predicted octanol–water partition coefficient (Wildman–Crippen LogP) is 3.15. The molecule has 0 bridgehead atoms. The van der Waals surface area contributed by atoms with Gasteiger partial charge in [0.05, 0.1) is 11.3 Å². The smallest absolute Gasteiger partial charge is 0.367 e. The van der Waals surface area contributed by atoms with Crippen LogP contribution in [-0.2, 0) is 6.18 Å². The van der Waals surface area contributed by atoms with Crippen LogP contribution in [0.1, 0.15) is 5.56 Å². The second-order valence-electron chi connectivity index (χ2n) is 4.71. The minimum Gasteiger partial charge on any atom is -0.367 e. The highest BCUT2D eigenvalue weighted by Gasteiger charge is 2.35. The first-order chi connectivity index (χ1) is 9.43. The zero-order valence-electron chi connectivity index (χ0n) is 11.0. The van der Waals surface area contributed by atoms with Crippen LogP contribution in [0.4, 0.5) is 23.2 Å². The van der Waals surface area contributed by atoms with Crippen molar-refractivity contribution in [1.29, 1.82) is 0 Å². The van der Waals surface area contributed by atoms with Crippen molar-refractivity contribution < 1.29 is 17.6 Å². The molecule has 1 aromatic carbocycles. The van der Waals surface area contributed by atoms with Gasteiger partial charge in [-0.1, -0.05) is 12.1 Å². The van der Waals surface area contributed by atoms with Crippen LogP contribution < -0.4 is 4.90 Å².